The van der Waals surface area contributed by atoms with Gasteiger partial charge in [0.1, 0.15) is 29.8 Å². The van der Waals surface area contributed by atoms with Crippen LogP contribution >= 0.6 is 15.9 Å². The molecule has 2 saturated heterocycles. The summed E-state index contributed by atoms with van der Waals surface area (Å²) < 4.78 is 13.5. The van der Waals surface area contributed by atoms with Crippen LogP contribution in [0.2, 0.25) is 0 Å². The van der Waals surface area contributed by atoms with Gasteiger partial charge in [0.15, 0.2) is 0 Å². The second kappa shape index (κ2) is 13.4. The number of aliphatic hydroxyl groups is 1. The Morgan fingerprint density at radius 3 is 2.31 bits per heavy atom. The molecule has 262 valence electrons. The number of carbonyl (C=O) groups is 4. The second-order valence-electron chi connectivity index (χ2n) is 15.6. The highest BCUT2D eigenvalue weighted by atomic mass is 79.9. The number of amides is 3. The SMILES string of the molecule is C[C@@H]1[C@@H](c2ccccc2)OC(=O)[C@@H]2[C@H]3O[C@@]4(C=C3Br)[C@H](C(=O)N(C(C)(C)CC(C)(C)C)C/C=C\CCC(=O)N1C)N([C@H](C)CO)C(=O)[C@@H]24. The molecule has 11 heteroatoms. The average molecular weight is 729 g/mol. The standard InChI is InChI=1S/C37H50BrN3O7/c1-22(20-42)41-31-33(45)40(36(6,7)21-35(3,4)5)18-14-10-13-17-26(43)39(8)23(2)29(24-15-11-9-12-16-24)47-34(46)27-28(32(41)44)37(31)19-25(38)30(27)48-37/h9-12,14-16,19,22-23,27-31,42H,13,17-18,20-21H2,1-8H3/b14-10-/t22-,23-,27+,28-,29+,30+,31+,37-/m1/s1. The number of esters is 1. The number of likely N-dealkylation sites (tertiary alicyclic amines) is 1. The van der Waals surface area contributed by atoms with Crippen LogP contribution in [0.5, 0.6) is 0 Å². The number of likely N-dealkylation sites (N-methyl/N-ethyl adjacent to an activating group) is 1. The maximum atomic E-state index is 15.1. The summed E-state index contributed by atoms with van der Waals surface area (Å²) in [6, 6.07) is 6.87. The van der Waals surface area contributed by atoms with Gasteiger partial charge in [0.2, 0.25) is 17.7 Å². The molecule has 4 heterocycles. The van der Waals surface area contributed by atoms with Gasteiger partial charge in [-0.3, -0.25) is 19.2 Å². The molecule has 0 aliphatic carbocycles. The fourth-order valence-electron chi connectivity index (χ4n) is 8.35. The number of ether oxygens (including phenoxy) is 2. The van der Waals surface area contributed by atoms with Gasteiger partial charge in [-0.1, -0.05) is 79.2 Å². The Labute approximate surface area is 292 Å². The van der Waals surface area contributed by atoms with E-state index in [9.17, 15) is 19.5 Å². The minimum absolute atomic E-state index is 0.106. The number of cyclic esters (lactones) is 1. The third-order valence-electron chi connectivity index (χ3n) is 10.4. The number of aliphatic hydroxyl groups excluding tert-OH is 1. The molecule has 5 bridgehead atoms. The minimum Gasteiger partial charge on any atom is -0.455 e. The second-order valence-corrected chi connectivity index (χ2v) is 16.5. The van der Waals surface area contributed by atoms with Crippen molar-refractivity contribution in [2.75, 3.05) is 20.2 Å². The van der Waals surface area contributed by atoms with Gasteiger partial charge in [-0.15, -0.1) is 0 Å². The zero-order valence-electron chi connectivity index (χ0n) is 29.3. The van der Waals surface area contributed by atoms with Crippen LogP contribution in [0, 0.1) is 17.3 Å². The highest BCUT2D eigenvalue weighted by molar-refractivity contribution is 9.11. The summed E-state index contributed by atoms with van der Waals surface area (Å²) in [5.74, 6) is -3.62. The number of hydrogen-bond acceptors (Lipinski definition) is 7. The van der Waals surface area contributed by atoms with Crippen LogP contribution in [0.3, 0.4) is 0 Å². The van der Waals surface area contributed by atoms with E-state index in [0.29, 0.717) is 22.9 Å². The fraction of sp³-hybridized carbons (Fsp3) is 0.622. The Balaban J connectivity index is 1.67. The summed E-state index contributed by atoms with van der Waals surface area (Å²) >= 11 is 3.62. The molecule has 5 rings (SSSR count). The van der Waals surface area contributed by atoms with Crippen LogP contribution in [0.1, 0.15) is 79.4 Å². The largest absolute Gasteiger partial charge is 0.455 e. The summed E-state index contributed by atoms with van der Waals surface area (Å²) in [6.45, 7) is 13.8. The van der Waals surface area contributed by atoms with E-state index in [4.69, 9.17) is 9.47 Å². The highest BCUT2D eigenvalue weighted by Crippen LogP contribution is 2.59. The first-order chi connectivity index (χ1) is 22.4. The maximum Gasteiger partial charge on any atom is 0.313 e. The highest BCUT2D eigenvalue weighted by Gasteiger charge is 2.75. The number of carbonyl (C=O) groups excluding carboxylic acids is 4. The molecule has 1 aromatic rings. The van der Waals surface area contributed by atoms with E-state index < -0.39 is 65.2 Å². The third kappa shape index (κ3) is 6.38. The number of benzene rings is 1. The van der Waals surface area contributed by atoms with E-state index >= 15 is 4.79 Å². The summed E-state index contributed by atoms with van der Waals surface area (Å²) in [4.78, 5) is 62.3. The van der Waals surface area contributed by atoms with Crippen molar-refractivity contribution < 1.29 is 33.8 Å². The molecule has 10 nitrogen and oxygen atoms in total. The lowest BCUT2D eigenvalue weighted by Crippen LogP contribution is -2.62. The van der Waals surface area contributed by atoms with Crippen LogP contribution in [-0.2, 0) is 28.7 Å². The maximum absolute atomic E-state index is 15.1. The molecule has 0 saturated carbocycles. The third-order valence-corrected chi connectivity index (χ3v) is 11.0. The smallest absolute Gasteiger partial charge is 0.313 e. The number of fused-ring (bicyclic) bond motifs is 2. The van der Waals surface area contributed by atoms with Gasteiger partial charge in [-0.25, -0.2) is 0 Å². The minimum atomic E-state index is -1.46. The van der Waals surface area contributed by atoms with Crippen molar-refractivity contribution in [2.24, 2.45) is 17.3 Å². The molecule has 3 amide bonds. The van der Waals surface area contributed by atoms with Crippen molar-refractivity contribution in [3.8, 4) is 0 Å². The molecule has 4 aliphatic rings. The summed E-state index contributed by atoms with van der Waals surface area (Å²) in [6.07, 6.45) is 5.29. The lowest BCUT2D eigenvalue weighted by atomic mass is 9.74. The normalized spacial score (nSPS) is 33.1. The molecule has 0 aromatic heterocycles. The Morgan fingerprint density at radius 2 is 1.69 bits per heavy atom. The van der Waals surface area contributed by atoms with E-state index in [1.807, 2.05) is 63.3 Å². The number of nitrogens with zero attached hydrogens (tertiary/aromatic N) is 3. The zero-order chi connectivity index (χ0) is 35.3. The quantitative estimate of drug-likeness (QED) is 0.343. The van der Waals surface area contributed by atoms with Crippen LogP contribution in [0.4, 0.5) is 0 Å². The van der Waals surface area contributed by atoms with Crippen molar-refractivity contribution in [3.05, 3.63) is 58.6 Å². The van der Waals surface area contributed by atoms with Crippen molar-refractivity contribution in [1.82, 2.24) is 14.7 Å². The molecule has 1 N–H and O–H groups in total. The molecule has 8 atom stereocenters. The molecule has 1 aromatic carbocycles. The number of halogens is 1. The van der Waals surface area contributed by atoms with Gasteiger partial charge >= 0.3 is 5.97 Å². The molecular formula is C37H50BrN3O7. The predicted molar refractivity (Wildman–Crippen MR) is 185 cm³/mol. The van der Waals surface area contributed by atoms with Gasteiger partial charge in [-0.2, -0.15) is 0 Å². The van der Waals surface area contributed by atoms with Gasteiger partial charge in [-0.05, 0) is 57.6 Å². The van der Waals surface area contributed by atoms with Gasteiger partial charge in [0, 0.05) is 30.0 Å². The van der Waals surface area contributed by atoms with Crippen LogP contribution in [-0.4, -0.2) is 99.1 Å². The van der Waals surface area contributed by atoms with E-state index in [-0.39, 0.29) is 36.8 Å². The van der Waals surface area contributed by atoms with E-state index in [1.54, 1.807) is 29.8 Å². The summed E-state index contributed by atoms with van der Waals surface area (Å²) in [5, 5.41) is 10.4. The fourth-order valence-corrected chi connectivity index (χ4v) is 9.08. The monoisotopic (exact) mass is 727 g/mol. The average Bonchev–Trinajstić information content (AvgIpc) is 3.61. The van der Waals surface area contributed by atoms with Crippen molar-refractivity contribution in [2.45, 2.75) is 109 Å². The van der Waals surface area contributed by atoms with Crippen molar-refractivity contribution >= 4 is 39.6 Å². The van der Waals surface area contributed by atoms with E-state index in [1.165, 1.54) is 4.90 Å². The lowest BCUT2D eigenvalue weighted by molar-refractivity contribution is -0.164. The Kier molecular flexibility index (Phi) is 10.1. The van der Waals surface area contributed by atoms with E-state index in [2.05, 4.69) is 36.7 Å². The first kappa shape index (κ1) is 36.3. The molecular weight excluding hydrogens is 678 g/mol. The molecule has 0 unspecified atom stereocenters. The van der Waals surface area contributed by atoms with Gasteiger partial charge < -0.3 is 29.3 Å². The zero-order valence-corrected chi connectivity index (χ0v) is 30.9. The Morgan fingerprint density at radius 1 is 1.02 bits per heavy atom. The number of allylic oxidation sites excluding steroid dienone is 1. The first-order valence-corrected chi connectivity index (χ1v) is 17.7. The molecule has 2 fully saturated rings. The van der Waals surface area contributed by atoms with Gasteiger partial charge in [0.25, 0.3) is 0 Å². The molecule has 48 heavy (non-hydrogen) atoms. The first-order valence-electron chi connectivity index (χ1n) is 16.9. The van der Waals surface area contributed by atoms with Crippen molar-refractivity contribution in [3.63, 3.8) is 0 Å². The van der Waals surface area contributed by atoms with Crippen LogP contribution < -0.4 is 0 Å². The topological polar surface area (TPSA) is 117 Å². The van der Waals surface area contributed by atoms with Crippen LogP contribution in [0.15, 0.2) is 53.0 Å². The van der Waals surface area contributed by atoms with E-state index in [0.717, 1.165) is 0 Å². The van der Waals surface area contributed by atoms with Crippen LogP contribution in [0.25, 0.3) is 0 Å². The van der Waals surface area contributed by atoms with Gasteiger partial charge in [0.05, 0.1) is 24.6 Å². The molecule has 4 aliphatic heterocycles. The molecule has 0 radical (unpaired) electrons. The molecule has 1 spiro atoms. The summed E-state index contributed by atoms with van der Waals surface area (Å²) in [5.41, 5.74) is -1.53. The number of rotatable bonds is 5. The lowest BCUT2D eigenvalue weighted by Gasteiger charge is -2.46. The van der Waals surface area contributed by atoms with Crippen molar-refractivity contribution in [1.29, 1.82) is 0 Å². The number of hydrogen-bond donors (Lipinski definition) is 1. The summed E-state index contributed by atoms with van der Waals surface area (Å²) in [7, 11) is 1.71. The Hall–Kier alpha value is -3.02. The predicted octanol–water partition coefficient (Wildman–Crippen LogP) is 4.77. The Bertz CT molecular complexity index is 1490.